The predicted molar refractivity (Wildman–Crippen MR) is 77.4 cm³/mol. The van der Waals surface area contributed by atoms with Crippen molar-refractivity contribution in [2.75, 3.05) is 14.2 Å². The molecular formula is C15H21N3O. The van der Waals surface area contributed by atoms with Crippen LogP contribution in [0.1, 0.15) is 16.8 Å². The van der Waals surface area contributed by atoms with Gasteiger partial charge in [0.2, 0.25) is 0 Å². The zero-order valence-electron chi connectivity index (χ0n) is 12.2. The quantitative estimate of drug-likeness (QED) is 0.916. The van der Waals surface area contributed by atoms with Gasteiger partial charge in [-0.15, -0.1) is 0 Å². The van der Waals surface area contributed by atoms with Gasteiger partial charge in [-0.1, -0.05) is 6.07 Å². The lowest BCUT2D eigenvalue weighted by Crippen LogP contribution is -2.08. The fraction of sp³-hybridized carbons (Fsp3) is 0.400. The lowest BCUT2D eigenvalue weighted by molar-refractivity contribution is 0.413. The van der Waals surface area contributed by atoms with E-state index in [4.69, 9.17) is 4.74 Å². The molecule has 2 aromatic rings. The summed E-state index contributed by atoms with van der Waals surface area (Å²) in [6.07, 6.45) is 1.85. The molecule has 1 aromatic carbocycles. The lowest BCUT2D eigenvalue weighted by atomic mass is 10.0. The highest BCUT2D eigenvalue weighted by atomic mass is 16.5. The fourth-order valence-corrected chi connectivity index (χ4v) is 2.52. The zero-order valence-corrected chi connectivity index (χ0v) is 12.2. The standard InChI is InChI=1S/C15H21N3O/c1-10-6-11(2)15(19-5)12(7-10)14-13(8-16-3)17-9-18(14)4/h6-7,9,16H,8H2,1-5H3. The Bertz CT molecular complexity index is 587. The summed E-state index contributed by atoms with van der Waals surface area (Å²) >= 11 is 0. The molecule has 0 bridgehead atoms. The maximum Gasteiger partial charge on any atom is 0.131 e. The number of hydrogen-bond acceptors (Lipinski definition) is 3. The van der Waals surface area contributed by atoms with Crippen LogP contribution in [0.15, 0.2) is 18.5 Å². The Morgan fingerprint density at radius 2 is 2.05 bits per heavy atom. The number of ether oxygens (including phenoxy) is 1. The first-order valence-corrected chi connectivity index (χ1v) is 6.39. The van der Waals surface area contributed by atoms with E-state index in [1.54, 1.807) is 7.11 Å². The number of methoxy groups -OCH3 is 1. The topological polar surface area (TPSA) is 39.1 Å². The van der Waals surface area contributed by atoms with Gasteiger partial charge in [-0.3, -0.25) is 0 Å². The van der Waals surface area contributed by atoms with Crippen LogP contribution in [0, 0.1) is 13.8 Å². The summed E-state index contributed by atoms with van der Waals surface area (Å²) < 4.78 is 7.63. The number of aromatic nitrogens is 2. The van der Waals surface area contributed by atoms with Crippen LogP contribution < -0.4 is 10.1 Å². The second-order valence-corrected chi connectivity index (χ2v) is 4.84. The number of nitrogens with zero attached hydrogens (tertiary/aromatic N) is 2. The Hall–Kier alpha value is -1.81. The maximum absolute atomic E-state index is 5.58. The Balaban J connectivity index is 2.67. The normalized spacial score (nSPS) is 10.8. The van der Waals surface area contributed by atoms with Gasteiger partial charge in [-0.2, -0.15) is 0 Å². The summed E-state index contributed by atoms with van der Waals surface area (Å²) in [5, 5.41) is 3.16. The summed E-state index contributed by atoms with van der Waals surface area (Å²) in [6, 6.07) is 4.29. The Kier molecular flexibility index (Phi) is 3.90. The molecule has 1 aromatic heterocycles. The molecule has 0 aliphatic heterocycles. The zero-order chi connectivity index (χ0) is 14.0. The average Bonchev–Trinajstić information content (AvgIpc) is 2.70. The average molecular weight is 259 g/mol. The van der Waals surface area contributed by atoms with Crippen LogP contribution in [-0.4, -0.2) is 23.7 Å². The van der Waals surface area contributed by atoms with Crippen LogP contribution in [0.25, 0.3) is 11.3 Å². The summed E-state index contributed by atoms with van der Waals surface area (Å²) in [4.78, 5) is 4.46. The summed E-state index contributed by atoms with van der Waals surface area (Å²) in [6.45, 7) is 4.92. The summed E-state index contributed by atoms with van der Waals surface area (Å²) in [7, 11) is 5.66. The van der Waals surface area contributed by atoms with Crippen molar-refractivity contribution in [2.24, 2.45) is 7.05 Å². The molecule has 0 saturated heterocycles. The molecule has 19 heavy (non-hydrogen) atoms. The van der Waals surface area contributed by atoms with E-state index < -0.39 is 0 Å². The molecule has 0 aliphatic rings. The predicted octanol–water partition coefficient (Wildman–Crippen LogP) is 2.43. The molecule has 4 nitrogen and oxygen atoms in total. The number of aryl methyl sites for hydroxylation is 3. The van der Waals surface area contributed by atoms with E-state index in [0.29, 0.717) is 0 Å². The second-order valence-electron chi connectivity index (χ2n) is 4.84. The molecule has 0 fully saturated rings. The van der Waals surface area contributed by atoms with E-state index in [2.05, 4.69) is 36.3 Å². The van der Waals surface area contributed by atoms with Gasteiger partial charge in [0.25, 0.3) is 0 Å². The van der Waals surface area contributed by atoms with Gasteiger partial charge in [0, 0.05) is 19.2 Å². The number of rotatable bonds is 4. The van der Waals surface area contributed by atoms with Gasteiger partial charge >= 0.3 is 0 Å². The highest BCUT2D eigenvalue weighted by Crippen LogP contribution is 2.35. The third-order valence-electron chi connectivity index (χ3n) is 3.24. The molecule has 4 heteroatoms. The molecule has 1 N–H and O–H groups in total. The van der Waals surface area contributed by atoms with E-state index in [1.165, 1.54) is 5.56 Å². The van der Waals surface area contributed by atoms with E-state index in [1.807, 2.05) is 25.0 Å². The van der Waals surface area contributed by atoms with Crippen LogP contribution >= 0.6 is 0 Å². The van der Waals surface area contributed by atoms with E-state index in [9.17, 15) is 0 Å². The SMILES string of the molecule is CNCc1ncn(C)c1-c1cc(C)cc(C)c1OC. The van der Waals surface area contributed by atoms with Crippen LogP contribution in [0.4, 0.5) is 0 Å². The third kappa shape index (κ3) is 2.49. The largest absolute Gasteiger partial charge is 0.496 e. The van der Waals surface area contributed by atoms with Crippen LogP contribution in [0.5, 0.6) is 5.75 Å². The number of hydrogen-bond donors (Lipinski definition) is 1. The molecule has 0 radical (unpaired) electrons. The summed E-state index contributed by atoms with van der Waals surface area (Å²) in [5.41, 5.74) is 5.62. The van der Waals surface area contributed by atoms with Crippen LogP contribution in [0.2, 0.25) is 0 Å². The third-order valence-corrected chi connectivity index (χ3v) is 3.24. The van der Waals surface area contributed by atoms with Crippen molar-refractivity contribution in [2.45, 2.75) is 20.4 Å². The van der Waals surface area contributed by atoms with Crippen LogP contribution in [0.3, 0.4) is 0 Å². The van der Waals surface area contributed by atoms with Gasteiger partial charge in [0.05, 0.1) is 24.8 Å². The molecule has 0 spiro atoms. The molecule has 1 heterocycles. The molecule has 0 amide bonds. The van der Waals surface area contributed by atoms with Gasteiger partial charge in [-0.05, 0) is 38.1 Å². The molecule has 0 aliphatic carbocycles. The number of benzene rings is 1. The number of imidazole rings is 1. The van der Waals surface area contributed by atoms with Crippen molar-refractivity contribution in [1.82, 2.24) is 14.9 Å². The smallest absolute Gasteiger partial charge is 0.131 e. The number of nitrogens with one attached hydrogen (secondary N) is 1. The first-order valence-electron chi connectivity index (χ1n) is 6.39. The fourth-order valence-electron chi connectivity index (χ4n) is 2.52. The second kappa shape index (κ2) is 5.45. The molecule has 102 valence electrons. The van der Waals surface area contributed by atoms with E-state index >= 15 is 0 Å². The molecular weight excluding hydrogens is 238 g/mol. The first-order chi connectivity index (χ1) is 9.08. The Morgan fingerprint density at radius 3 is 2.68 bits per heavy atom. The maximum atomic E-state index is 5.58. The molecule has 0 unspecified atom stereocenters. The minimum Gasteiger partial charge on any atom is -0.496 e. The first kappa shape index (κ1) is 13.6. The van der Waals surface area contributed by atoms with Gasteiger partial charge < -0.3 is 14.6 Å². The Morgan fingerprint density at radius 1 is 1.32 bits per heavy atom. The van der Waals surface area contributed by atoms with E-state index in [0.717, 1.165) is 34.8 Å². The monoisotopic (exact) mass is 259 g/mol. The molecule has 0 saturated carbocycles. The van der Waals surface area contributed by atoms with Crippen molar-refractivity contribution in [3.05, 3.63) is 35.3 Å². The minimum atomic E-state index is 0.742. The van der Waals surface area contributed by atoms with Gasteiger partial charge in [-0.25, -0.2) is 4.98 Å². The molecule has 2 rings (SSSR count). The Labute approximate surface area is 114 Å². The van der Waals surface area contributed by atoms with E-state index in [-0.39, 0.29) is 0 Å². The van der Waals surface area contributed by atoms with Crippen molar-refractivity contribution in [1.29, 1.82) is 0 Å². The summed E-state index contributed by atoms with van der Waals surface area (Å²) in [5.74, 6) is 0.923. The molecule has 0 atom stereocenters. The van der Waals surface area contributed by atoms with Crippen molar-refractivity contribution >= 4 is 0 Å². The minimum absolute atomic E-state index is 0.742. The van der Waals surface area contributed by atoms with Crippen molar-refractivity contribution in [3.8, 4) is 17.0 Å². The van der Waals surface area contributed by atoms with Crippen LogP contribution in [-0.2, 0) is 13.6 Å². The highest BCUT2D eigenvalue weighted by Gasteiger charge is 2.17. The van der Waals surface area contributed by atoms with Gasteiger partial charge in [0.1, 0.15) is 5.75 Å². The van der Waals surface area contributed by atoms with Gasteiger partial charge in [0.15, 0.2) is 0 Å². The highest BCUT2D eigenvalue weighted by molar-refractivity contribution is 5.72. The van der Waals surface area contributed by atoms with Crippen molar-refractivity contribution < 1.29 is 4.74 Å². The van der Waals surface area contributed by atoms with Crippen molar-refractivity contribution in [3.63, 3.8) is 0 Å². The lowest BCUT2D eigenvalue weighted by Gasteiger charge is -2.14.